The Balaban J connectivity index is 2.38. The largest absolute Gasteiger partial charge is 0.478 e. The molecule has 92 valence electrons. The second-order valence-corrected chi connectivity index (χ2v) is 4.52. The second kappa shape index (κ2) is 4.84. The molecule has 0 aliphatic carbocycles. The maximum atomic E-state index is 13.5. The van der Waals surface area contributed by atoms with E-state index in [1.807, 2.05) is 6.92 Å². The number of aryl methyl sites for hydroxylation is 1. The fraction of sp³-hybridized carbons (Fsp3) is 0.462. The minimum absolute atomic E-state index is 0.218. The number of nitrogens with one attached hydrogen (secondary N) is 1. The van der Waals surface area contributed by atoms with Crippen molar-refractivity contribution in [3.05, 3.63) is 34.6 Å². The van der Waals surface area contributed by atoms with Crippen LogP contribution in [0.1, 0.15) is 40.2 Å². The van der Waals surface area contributed by atoms with Gasteiger partial charge in [0.15, 0.2) is 0 Å². The quantitative estimate of drug-likeness (QED) is 0.829. The summed E-state index contributed by atoms with van der Waals surface area (Å²) >= 11 is 0. The minimum Gasteiger partial charge on any atom is -0.478 e. The summed E-state index contributed by atoms with van der Waals surface area (Å²) in [6, 6.07) is 2.84. The highest BCUT2D eigenvalue weighted by atomic mass is 19.1. The monoisotopic (exact) mass is 237 g/mol. The molecular formula is C13H16FNO2. The predicted octanol–water partition coefficient (Wildman–Crippen LogP) is 2.30. The van der Waals surface area contributed by atoms with Crippen LogP contribution >= 0.6 is 0 Å². The van der Waals surface area contributed by atoms with Gasteiger partial charge in [-0.2, -0.15) is 0 Å². The minimum atomic E-state index is -1.20. The SMILES string of the molecule is Cc1cc(F)c(C(=O)O)cc1C1CCNCC1. The molecule has 0 unspecified atom stereocenters. The Hall–Kier alpha value is -1.42. The van der Waals surface area contributed by atoms with Gasteiger partial charge in [-0.25, -0.2) is 9.18 Å². The summed E-state index contributed by atoms with van der Waals surface area (Å²) in [7, 11) is 0. The summed E-state index contributed by atoms with van der Waals surface area (Å²) in [5.74, 6) is -1.50. The molecule has 1 aromatic carbocycles. The van der Waals surface area contributed by atoms with Gasteiger partial charge in [0.25, 0.3) is 0 Å². The fourth-order valence-electron chi connectivity index (χ4n) is 2.43. The standard InChI is InChI=1S/C13H16FNO2/c1-8-6-12(14)11(13(16)17)7-10(8)9-2-4-15-5-3-9/h6-7,9,15H,2-5H2,1H3,(H,16,17). The highest BCUT2D eigenvalue weighted by Gasteiger charge is 2.20. The van der Waals surface area contributed by atoms with E-state index in [0.29, 0.717) is 5.92 Å². The molecular weight excluding hydrogens is 221 g/mol. The number of hydrogen-bond acceptors (Lipinski definition) is 2. The number of benzene rings is 1. The van der Waals surface area contributed by atoms with Gasteiger partial charge in [0, 0.05) is 0 Å². The first-order valence-electron chi connectivity index (χ1n) is 5.83. The van der Waals surface area contributed by atoms with Crippen LogP contribution in [0.3, 0.4) is 0 Å². The van der Waals surface area contributed by atoms with E-state index in [9.17, 15) is 9.18 Å². The molecule has 2 rings (SSSR count). The molecule has 3 nitrogen and oxygen atoms in total. The van der Waals surface area contributed by atoms with Crippen LogP contribution in [0.5, 0.6) is 0 Å². The first kappa shape index (κ1) is 12.0. The maximum Gasteiger partial charge on any atom is 0.338 e. The number of halogens is 1. The average Bonchev–Trinajstić information content (AvgIpc) is 2.29. The van der Waals surface area contributed by atoms with Crippen molar-refractivity contribution in [2.24, 2.45) is 0 Å². The summed E-state index contributed by atoms with van der Waals surface area (Å²) < 4.78 is 13.5. The van der Waals surface area contributed by atoms with E-state index in [0.717, 1.165) is 37.1 Å². The maximum absolute atomic E-state index is 13.5. The molecule has 0 radical (unpaired) electrons. The van der Waals surface area contributed by atoms with E-state index in [1.165, 1.54) is 12.1 Å². The number of rotatable bonds is 2. The van der Waals surface area contributed by atoms with Crippen LogP contribution in [0.2, 0.25) is 0 Å². The highest BCUT2D eigenvalue weighted by Crippen LogP contribution is 2.29. The summed E-state index contributed by atoms with van der Waals surface area (Å²) in [5, 5.41) is 12.2. The lowest BCUT2D eigenvalue weighted by molar-refractivity contribution is 0.0691. The normalized spacial score (nSPS) is 17.1. The Morgan fingerprint density at radius 1 is 1.41 bits per heavy atom. The summed E-state index contributed by atoms with van der Waals surface area (Å²) in [4.78, 5) is 10.9. The lowest BCUT2D eigenvalue weighted by Crippen LogP contribution is -2.27. The molecule has 1 fully saturated rings. The zero-order chi connectivity index (χ0) is 12.4. The summed E-state index contributed by atoms with van der Waals surface area (Å²) in [5.41, 5.74) is 1.61. The molecule has 0 bridgehead atoms. The van der Waals surface area contributed by atoms with Crippen molar-refractivity contribution in [2.75, 3.05) is 13.1 Å². The zero-order valence-corrected chi connectivity index (χ0v) is 9.79. The molecule has 0 aromatic heterocycles. The van der Waals surface area contributed by atoms with Crippen molar-refractivity contribution in [2.45, 2.75) is 25.7 Å². The zero-order valence-electron chi connectivity index (χ0n) is 9.79. The van der Waals surface area contributed by atoms with E-state index >= 15 is 0 Å². The Morgan fingerprint density at radius 2 is 2.06 bits per heavy atom. The van der Waals surface area contributed by atoms with E-state index in [4.69, 9.17) is 5.11 Å². The highest BCUT2D eigenvalue weighted by molar-refractivity contribution is 5.88. The molecule has 0 amide bonds. The third-order valence-corrected chi connectivity index (χ3v) is 3.37. The van der Waals surface area contributed by atoms with Crippen molar-refractivity contribution in [3.8, 4) is 0 Å². The van der Waals surface area contributed by atoms with Crippen molar-refractivity contribution >= 4 is 5.97 Å². The Labute approximate surface area is 99.7 Å². The molecule has 0 saturated carbocycles. The number of hydrogen-bond donors (Lipinski definition) is 2. The van der Waals surface area contributed by atoms with Crippen molar-refractivity contribution in [3.63, 3.8) is 0 Å². The van der Waals surface area contributed by atoms with Gasteiger partial charge in [0.1, 0.15) is 5.82 Å². The molecule has 1 aromatic rings. The van der Waals surface area contributed by atoms with Crippen LogP contribution in [0.15, 0.2) is 12.1 Å². The van der Waals surface area contributed by atoms with Crippen molar-refractivity contribution < 1.29 is 14.3 Å². The van der Waals surface area contributed by atoms with E-state index in [-0.39, 0.29) is 5.56 Å². The topological polar surface area (TPSA) is 49.3 Å². The van der Waals surface area contributed by atoms with E-state index in [1.54, 1.807) is 0 Å². The summed E-state index contributed by atoms with van der Waals surface area (Å²) in [6.07, 6.45) is 1.96. The van der Waals surface area contributed by atoms with Gasteiger partial charge in [0.2, 0.25) is 0 Å². The molecule has 17 heavy (non-hydrogen) atoms. The Morgan fingerprint density at radius 3 is 2.65 bits per heavy atom. The molecule has 0 spiro atoms. The Kier molecular flexibility index (Phi) is 3.43. The van der Waals surface area contributed by atoms with Crippen molar-refractivity contribution in [1.29, 1.82) is 0 Å². The van der Waals surface area contributed by atoms with Gasteiger partial charge < -0.3 is 10.4 Å². The molecule has 1 aliphatic rings. The Bertz CT molecular complexity index is 439. The van der Waals surface area contributed by atoms with Gasteiger partial charge >= 0.3 is 5.97 Å². The molecule has 2 N–H and O–H groups in total. The molecule has 1 heterocycles. The number of carboxylic acids is 1. The summed E-state index contributed by atoms with van der Waals surface area (Å²) in [6.45, 7) is 3.71. The van der Waals surface area contributed by atoms with Gasteiger partial charge in [-0.3, -0.25) is 0 Å². The molecule has 1 aliphatic heterocycles. The average molecular weight is 237 g/mol. The van der Waals surface area contributed by atoms with Gasteiger partial charge in [-0.05, 0) is 62.0 Å². The number of carboxylic acid groups (broad SMARTS) is 1. The van der Waals surface area contributed by atoms with E-state index in [2.05, 4.69) is 5.32 Å². The van der Waals surface area contributed by atoms with Crippen LogP contribution in [-0.2, 0) is 0 Å². The fourth-order valence-corrected chi connectivity index (χ4v) is 2.43. The lowest BCUT2D eigenvalue weighted by Gasteiger charge is -2.24. The second-order valence-electron chi connectivity index (χ2n) is 4.52. The number of carbonyl (C=O) groups is 1. The van der Waals surface area contributed by atoms with Gasteiger partial charge in [0.05, 0.1) is 5.56 Å². The molecule has 0 atom stereocenters. The van der Waals surface area contributed by atoms with Crippen LogP contribution in [0.4, 0.5) is 4.39 Å². The smallest absolute Gasteiger partial charge is 0.338 e. The van der Waals surface area contributed by atoms with Gasteiger partial charge in [-0.1, -0.05) is 0 Å². The molecule has 4 heteroatoms. The van der Waals surface area contributed by atoms with Crippen LogP contribution in [0, 0.1) is 12.7 Å². The third-order valence-electron chi connectivity index (χ3n) is 3.37. The predicted molar refractivity (Wildman–Crippen MR) is 62.9 cm³/mol. The van der Waals surface area contributed by atoms with Gasteiger partial charge in [-0.15, -0.1) is 0 Å². The van der Waals surface area contributed by atoms with Crippen LogP contribution < -0.4 is 5.32 Å². The number of piperidine rings is 1. The lowest BCUT2D eigenvalue weighted by atomic mass is 9.86. The van der Waals surface area contributed by atoms with Crippen LogP contribution in [-0.4, -0.2) is 24.2 Å². The first-order chi connectivity index (χ1) is 8.09. The van der Waals surface area contributed by atoms with Crippen molar-refractivity contribution in [1.82, 2.24) is 5.32 Å². The first-order valence-corrected chi connectivity index (χ1v) is 5.83. The third kappa shape index (κ3) is 2.47. The van der Waals surface area contributed by atoms with Crippen LogP contribution in [0.25, 0.3) is 0 Å². The molecule has 1 saturated heterocycles. The van der Waals surface area contributed by atoms with E-state index < -0.39 is 11.8 Å². The number of aromatic carboxylic acids is 1.